The maximum absolute atomic E-state index is 11.9. The molecule has 2 aromatic rings. The molecular weight excluding hydrogens is 334 g/mol. The molecule has 18 heavy (non-hydrogen) atoms. The third kappa shape index (κ3) is 3.71. The molecule has 0 aromatic carbocycles. The van der Waals surface area contributed by atoms with Crippen LogP contribution in [0.3, 0.4) is 0 Å². The highest BCUT2D eigenvalue weighted by Crippen LogP contribution is 2.18. The van der Waals surface area contributed by atoms with Gasteiger partial charge in [-0.05, 0) is 11.4 Å². The summed E-state index contributed by atoms with van der Waals surface area (Å²) in [4.78, 5) is 17.0. The molecule has 0 radical (unpaired) electrons. The molecule has 0 fully saturated rings. The Labute approximate surface area is 124 Å². The lowest BCUT2D eigenvalue weighted by Crippen LogP contribution is -3.00. The van der Waals surface area contributed by atoms with E-state index < -0.39 is 0 Å². The summed E-state index contributed by atoms with van der Waals surface area (Å²) in [5.41, 5.74) is 1.05. The number of carbonyl (C=O) groups excluding carboxylic acids is 1. The van der Waals surface area contributed by atoms with Crippen LogP contribution in [0.5, 0.6) is 0 Å². The fourth-order valence-corrected chi connectivity index (χ4v) is 3.39. The maximum atomic E-state index is 11.9. The molecule has 2 N–H and O–H groups in total. The predicted octanol–water partition coefficient (Wildman–Crippen LogP) is -1.10. The molecule has 0 aliphatic carbocycles. The predicted molar refractivity (Wildman–Crippen MR) is 68.8 cm³/mol. The molecule has 0 bridgehead atoms. The van der Waals surface area contributed by atoms with Crippen molar-refractivity contribution in [2.75, 3.05) is 6.61 Å². The topological polar surface area (TPSA) is 51.4 Å². The molecule has 0 aliphatic rings. The van der Waals surface area contributed by atoms with Crippen LogP contribution in [0.15, 0.2) is 17.5 Å². The minimum Gasteiger partial charge on any atom is -1.00 e. The van der Waals surface area contributed by atoms with Crippen molar-refractivity contribution in [1.82, 2.24) is 0 Å². The highest BCUT2D eigenvalue weighted by molar-refractivity contribution is 7.12. The van der Waals surface area contributed by atoms with Crippen LogP contribution >= 0.6 is 22.7 Å². The van der Waals surface area contributed by atoms with E-state index in [0.717, 1.165) is 20.5 Å². The van der Waals surface area contributed by atoms with Gasteiger partial charge in [0.1, 0.15) is 6.42 Å². The molecule has 0 amide bonds. The van der Waals surface area contributed by atoms with Crippen LogP contribution in [-0.4, -0.2) is 17.5 Å². The first-order chi connectivity index (χ1) is 8.20. The van der Waals surface area contributed by atoms with Crippen molar-refractivity contribution in [2.45, 2.75) is 19.8 Å². The number of hydrogen-bond donors (Lipinski definition) is 1. The summed E-state index contributed by atoms with van der Waals surface area (Å²) in [7, 11) is 0. The van der Waals surface area contributed by atoms with Gasteiger partial charge in [-0.2, -0.15) is 0 Å². The Kier molecular flexibility index (Phi) is 6.14. The van der Waals surface area contributed by atoms with Gasteiger partial charge in [-0.3, -0.25) is 4.79 Å². The number of carbonyl (C=O) groups is 1. The van der Waals surface area contributed by atoms with Crippen LogP contribution in [0, 0.1) is 6.92 Å². The average Bonchev–Trinajstić information content (AvgIpc) is 2.90. The highest BCUT2D eigenvalue weighted by atomic mass is 79.9. The van der Waals surface area contributed by atoms with E-state index in [9.17, 15) is 4.79 Å². The molecule has 0 saturated carbocycles. The van der Waals surface area contributed by atoms with Gasteiger partial charge in [0.15, 0.2) is 11.5 Å². The summed E-state index contributed by atoms with van der Waals surface area (Å²) < 4.78 is 0. The van der Waals surface area contributed by atoms with Gasteiger partial charge in [-0.1, -0.05) is 17.4 Å². The molecule has 0 aliphatic heterocycles. The zero-order chi connectivity index (χ0) is 12.3. The number of aromatic nitrogens is 1. The standard InChI is InChI=1S/C12H13NO2S2.BrH/c1-8-10(4-5-14)17-12(13-8)7-9(15)11-3-2-6-16-11;/h2-3,6,14H,4-5,7H2,1H3;1H. The number of nitrogens with one attached hydrogen (secondary N) is 1. The van der Waals surface area contributed by atoms with E-state index in [4.69, 9.17) is 5.11 Å². The van der Waals surface area contributed by atoms with E-state index in [2.05, 4.69) is 4.98 Å². The van der Waals surface area contributed by atoms with Gasteiger partial charge in [0.05, 0.1) is 9.75 Å². The molecule has 0 saturated heterocycles. The number of ketones is 1. The number of Topliss-reactive ketones (excluding diaryl/α,β-unsaturated/α-hetero) is 1. The number of hydrogen-bond acceptors (Lipinski definition) is 4. The summed E-state index contributed by atoms with van der Waals surface area (Å²) in [6.45, 7) is 2.12. The number of H-pyrrole nitrogens is 1. The van der Waals surface area contributed by atoms with Crippen molar-refractivity contribution >= 4 is 28.5 Å². The van der Waals surface area contributed by atoms with E-state index in [1.54, 1.807) is 11.3 Å². The zero-order valence-corrected chi connectivity index (χ0v) is 13.1. The molecule has 3 nitrogen and oxygen atoms in total. The number of aliphatic hydroxyl groups is 1. The maximum Gasteiger partial charge on any atom is 0.243 e. The van der Waals surface area contributed by atoms with Crippen molar-refractivity contribution in [3.63, 3.8) is 0 Å². The number of aryl methyl sites for hydroxylation is 1. The van der Waals surface area contributed by atoms with E-state index in [-0.39, 0.29) is 29.4 Å². The molecule has 98 valence electrons. The van der Waals surface area contributed by atoms with E-state index in [1.165, 1.54) is 11.3 Å². The Hall–Kier alpha value is -0.560. The largest absolute Gasteiger partial charge is 1.00 e. The molecular formula is C12H14BrNO2S2. The molecule has 0 atom stereocenters. The number of thiophene rings is 1. The first-order valence-corrected chi connectivity index (χ1v) is 7.08. The van der Waals surface area contributed by atoms with Crippen LogP contribution in [-0.2, 0) is 12.8 Å². The number of aromatic amines is 1. The van der Waals surface area contributed by atoms with Gasteiger partial charge >= 0.3 is 0 Å². The summed E-state index contributed by atoms with van der Waals surface area (Å²) in [6.07, 6.45) is 1.07. The number of rotatable bonds is 5. The minimum atomic E-state index is 0. The van der Waals surface area contributed by atoms with Crippen LogP contribution in [0.1, 0.15) is 25.3 Å². The van der Waals surface area contributed by atoms with Crippen molar-refractivity contribution in [3.05, 3.63) is 38.0 Å². The molecule has 2 aromatic heterocycles. The van der Waals surface area contributed by atoms with Crippen LogP contribution in [0.25, 0.3) is 0 Å². The first kappa shape index (κ1) is 15.5. The Morgan fingerprint density at radius 2 is 2.28 bits per heavy atom. The number of aliphatic hydroxyl groups excluding tert-OH is 1. The smallest absolute Gasteiger partial charge is 0.243 e. The van der Waals surface area contributed by atoms with Crippen LogP contribution in [0.2, 0.25) is 0 Å². The van der Waals surface area contributed by atoms with Gasteiger partial charge < -0.3 is 22.1 Å². The van der Waals surface area contributed by atoms with Gasteiger partial charge in [0.25, 0.3) is 0 Å². The normalized spacial score (nSPS) is 10.1. The fourth-order valence-electron chi connectivity index (χ4n) is 1.62. The van der Waals surface area contributed by atoms with Crippen LogP contribution in [0.4, 0.5) is 0 Å². The third-order valence-corrected chi connectivity index (χ3v) is 4.61. The Morgan fingerprint density at radius 1 is 1.50 bits per heavy atom. The quantitative estimate of drug-likeness (QED) is 0.698. The van der Waals surface area contributed by atoms with Crippen molar-refractivity contribution in [1.29, 1.82) is 0 Å². The van der Waals surface area contributed by atoms with E-state index >= 15 is 0 Å². The Morgan fingerprint density at radius 3 is 2.89 bits per heavy atom. The second kappa shape index (κ2) is 7.13. The average molecular weight is 348 g/mol. The van der Waals surface area contributed by atoms with Gasteiger partial charge in [0, 0.05) is 20.0 Å². The summed E-state index contributed by atoms with van der Waals surface area (Å²) >= 11 is 3.05. The van der Waals surface area contributed by atoms with Crippen molar-refractivity contribution in [2.24, 2.45) is 0 Å². The highest BCUT2D eigenvalue weighted by Gasteiger charge is 2.18. The monoisotopic (exact) mass is 347 g/mol. The fraction of sp³-hybridized carbons (Fsp3) is 0.333. The summed E-state index contributed by atoms with van der Waals surface area (Å²) in [5, 5.41) is 11.8. The third-order valence-electron chi connectivity index (χ3n) is 2.45. The first-order valence-electron chi connectivity index (χ1n) is 5.38. The SMILES string of the molecule is Cc1[nH+]c(CC(=O)c2cccs2)sc1CCO.[Br-]. The van der Waals surface area contributed by atoms with E-state index in [1.807, 2.05) is 24.4 Å². The van der Waals surface area contributed by atoms with Crippen LogP contribution < -0.4 is 22.0 Å². The van der Waals surface area contributed by atoms with Gasteiger partial charge in [-0.15, -0.1) is 11.3 Å². The molecule has 0 spiro atoms. The minimum absolute atomic E-state index is 0. The van der Waals surface area contributed by atoms with E-state index in [0.29, 0.717) is 12.8 Å². The number of thiazole rings is 1. The van der Waals surface area contributed by atoms with Gasteiger partial charge in [-0.25, -0.2) is 4.98 Å². The molecule has 0 unspecified atom stereocenters. The zero-order valence-electron chi connectivity index (χ0n) is 9.90. The molecule has 2 heterocycles. The summed E-state index contributed by atoms with van der Waals surface area (Å²) in [5.74, 6) is 0.146. The Balaban J connectivity index is 0.00000162. The molecule has 6 heteroatoms. The lowest BCUT2D eigenvalue weighted by Gasteiger charge is -1.89. The van der Waals surface area contributed by atoms with Gasteiger partial charge in [0.2, 0.25) is 5.01 Å². The lowest BCUT2D eigenvalue weighted by molar-refractivity contribution is -0.390. The summed E-state index contributed by atoms with van der Waals surface area (Å²) in [6, 6.07) is 3.74. The number of halogens is 1. The second-order valence-corrected chi connectivity index (χ2v) is 5.89. The second-order valence-electron chi connectivity index (χ2n) is 3.75. The molecule has 2 rings (SSSR count). The van der Waals surface area contributed by atoms with Crippen molar-refractivity contribution < 1.29 is 31.9 Å². The Bertz CT molecular complexity index is 508. The van der Waals surface area contributed by atoms with Crippen molar-refractivity contribution in [3.8, 4) is 0 Å². The lowest BCUT2D eigenvalue weighted by atomic mass is 10.2.